The first-order valence-electron chi connectivity index (χ1n) is 11.8. The lowest BCUT2D eigenvalue weighted by atomic mass is 9.96. The summed E-state index contributed by atoms with van der Waals surface area (Å²) < 4.78 is 36.4. The molecular formula is C24H33FN2O6. The fourth-order valence-corrected chi connectivity index (χ4v) is 4.54. The maximum Gasteiger partial charge on any atom is 0.225 e. The molecule has 0 spiro atoms. The summed E-state index contributed by atoms with van der Waals surface area (Å²) in [6, 6.07) is 5.73. The van der Waals surface area contributed by atoms with E-state index in [0.717, 1.165) is 19.3 Å². The molecule has 0 bridgehead atoms. The Morgan fingerprint density at radius 1 is 1.00 bits per heavy atom. The van der Waals surface area contributed by atoms with E-state index >= 15 is 0 Å². The maximum absolute atomic E-state index is 13.3. The van der Waals surface area contributed by atoms with Crippen LogP contribution in [-0.4, -0.2) is 92.5 Å². The Kier molecular flexibility index (Phi) is 8.16. The van der Waals surface area contributed by atoms with Crippen LogP contribution >= 0.6 is 0 Å². The molecule has 3 heterocycles. The van der Waals surface area contributed by atoms with E-state index in [0.29, 0.717) is 58.2 Å². The number of ether oxygens (including phenoxy) is 4. The number of morpholine rings is 2. The van der Waals surface area contributed by atoms with Gasteiger partial charge in [-0.15, -0.1) is 0 Å². The van der Waals surface area contributed by atoms with Gasteiger partial charge in [-0.2, -0.15) is 0 Å². The highest BCUT2D eigenvalue weighted by atomic mass is 19.1. The average molecular weight is 465 g/mol. The number of benzene rings is 1. The van der Waals surface area contributed by atoms with Crippen LogP contribution in [0.4, 0.5) is 4.39 Å². The summed E-state index contributed by atoms with van der Waals surface area (Å²) in [5, 5.41) is 0. The molecule has 3 saturated heterocycles. The third kappa shape index (κ3) is 6.65. The minimum absolute atomic E-state index is 0.00942. The van der Waals surface area contributed by atoms with Gasteiger partial charge in [0.25, 0.3) is 0 Å². The molecule has 3 aliphatic heterocycles. The van der Waals surface area contributed by atoms with Crippen LogP contribution in [0.2, 0.25) is 0 Å². The lowest BCUT2D eigenvalue weighted by molar-refractivity contribution is -0.168. The Hall–Kier alpha value is -2.23. The minimum atomic E-state index is -0.981. The van der Waals surface area contributed by atoms with E-state index in [1.54, 1.807) is 21.9 Å². The van der Waals surface area contributed by atoms with Crippen LogP contribution in [0.5, 0.6) is 5.75 Å². The Morgan fingerprint density at radius 3 is 2.48 bits per heavy atom. The molecule has 0 saturated carbocycles. The zero-order chi connectivity index (χ0) is 23.1. The summed E-state index contributed by atoms with van der Waals surface area (Å²) in [5.41, 5.74) is -0.981. The predicted molar refractivity (Wildman–Crippen MR) is 117 cm³/mol. The summed E-state index contributed by atoms with van der Waals surface area (Å²) >= 11 is 0. The lowest BCUT2D eigenvalue weighted by Crippen LogP contribution is -2.59. The Balaban J connectivity index is 1.44. The van der Waals surface area contributed by atoms with Crippen molar-refractivity contribution in [3.63, 3.8) is 0 Å². The topological polar surface area (TPSA) is 77.5 Å². The van der Waals surface area contributed by atoms with Crippen LogP contribution in [0.15, 0.2) is 24.3 Å². The minimum Gasteiger partial charge on any atom is -0.490 e. The normalized spacial score (nSPS) is 26.2. The monoisotopic (exact) mass is 464 g/mol. The van der Waals surface area contributed by atoms with E-state index in [9.17, 15) is 14.0 Å². The molecule has 2 atom stereocenters. The third-order valence-corrected chi connectivity index (χ3v) is 6.43. The molecule has 0 unspecified atom stereocenters. The van der Waals surface area contributed by atoms with Crippen molar-refractivity contribution in [3.8, 4) is 5.75 Å². The molecule has 182 valence electrons. The molecule has 0 aliphatic carbocycles. The highest BCUT2D eigenvalue weighted by molar-refractivity contribution is 5.79. The van der Waals surface area contributed by atoms with Gasteiger partial charge in [0.15, 0.2) is 0 Å². The Morgan fingerprint density at radius 2 is 1.76 bits per heavy atom. The van der Waals surface area contributed by atoms with Gasteiger partial charge in [0.2, 0.25) is 11.8 Å². The van der Waals surface area contributed by atoms with Crippen LogP contribution in [0.3, 0.4) is 0 Å². The third-order valence-electron chi connectivity index (χ3n) is 6.43. The fourth-order valence-electron chi connectivity index (χ4n) is 4.54. The molecule has 2 amide bonds. The van der Waals surface area contributed by atoms with Crippen LogP contribution in [0.25, 0.3) is 0 Å². The molecule has 8 nitrogen and oxygen atoms in total. The first-order valence-corrected chi connectivity index (χ1v) is 11.8. The van der Waals surface area contributed by atoms with Gasteiger partial charge in [0.1, 0.15) is 23.8 Å². The number of hydrogen-bond acceptors (Lipinski definition) is 6. The second-order valence-electron chi connectivity index (χ2n) is 8.95. The fraction of sp³-hybridized carbons (Fsp3) is 0.667. The summed E-state index contributed by atoms with van der Waals surface area (Å²) in [6.45, 7) is 3.93. The number of nitrogens with zero attached hydrogens (tertiary/aromatic N) is 2. The van der Waals surface area contributed by atoms with Gasteiger partial charge >= 0.3 is 0 Å². The van der Waals surface area contributed by atoms with Crippen molar-refractivity contribution in [1.82, 2.24) is 9.80 Å². The summed E-state index contributed by atoms with van der Waals surface area (Å²) in [4.78, 5) is 29.7. The molecule has 0 radical (unpaired) electrons. The van der Waals surface area contributed by atoms with Crippen LogP contribution in [0.1, 0.15) is 32.1 Å². The number of halogens is 1. The molecule has 0 aromatic heterocycles. The van der Waals surface area contributed by atoms with Crippen LogP contribution in [0, 0.1) is 5.82 Å². The molecule has 4 rings (SSSR count). The first-order chi connectivity index (χ1) is 16.0. The van der Waals surface area contributed by atoms with Gasteiger partial charge in [-0.25, -0.2) is 4.39 Å². The smallest absolute Gasteiger partial charge is 0.225 e. The molecule has 1 aromatic carbocycles. The lowest BCUT2D eigenvalue weighted by Gasteiger charge is -2.43. The molecule has 9 heteroatoms. The molecule has 0 N–H and O–H groups in total. The van der Waals surface area contributed by atoms with Crippen molar-refractivity contribution in [2.24, 2.45) is 0 Å². The standard InChI is InChI=1S/C24H33FN2O6/c25-19-4-6-20(7-5-19)32-18-24(16-23(29)26-8-12-30-13-9-26)17-27(10-14-33-24)22(28)15-21-3-1-2-11-31-21/h4-7,21H,1-3,8-18H2/t21-,24+/m0/s1. The molecule has 3 fully saturated rings. The van der Waals surface area contributed by atoms with Gasteiger partial charge in [-0.3, -0.25) is 9.59 Å². The zero-order valence-corrected chi connectivity index (χ0v) is 19.0. The van der Waals surface area contributed by atoms with Crippen molar-refractivity contribution in [2.75, 3.05) is 59.2 Å². The quantitative estimate of drug-likeness (QED) is 0.615. The highest BCUT2D eigenvalue weighted by Crippen LogP contribution is 2.27. The predicted octanol–water partition coefficient (Wildman–Crippen LogP) is 2.01. The second-order valence-corrected chi connectivity index (χ2v) is 8.95. The zero-order valence-electron chi connectivity index (χ0n) is 19.0. The number of amides is 2. The van der Waals surface area contributed by atoms with Crippen molar-refractivity contribution >= 4 is 11.8 Å². The Bertz CT molecular complexity index is 795. The molecule has 3 aliphatic rings. The average Bonchev–Trinajstić information content (AvgIpc) is 2.85. The Labute approximate surface area is 193 Å². The SMILES string of the molecule is O=C(C[C@]1(COc2ccc(F)cc2)CN(C(=O)C[C@@H]2CCCCO2)CCO1)N1CCOCC1. The molecular weight excluding hydrogens is 431 g/mol. The summed E-state index contributed by atoms with van der Waals surface area (Å²) in [6.07, 6.45) is 3.39. The van der Waals surface area contributed by atoms with Crippen LogP contribution in [-0.2, 0) is 23.8 Å². The highest BCUT2D eigenvalue weighted by Gasteiger charge is 2.42. The van der Waals surface area contributed by atoms with Crippen molar-refractivity contribution in [3.05, 3.63) is 30.1 Å². The second kappa shape index (κ2) is 11.3. The van der Waals surface area contributed by atoms with E-state index in [1.807, 2.05) is 0 Å². The van der Waals surface area contributed by atoms with E-state index in [-0.39, 0.29) is 43.3 Å². The van der Waals surface area contributed by atoms with Crippen LogP contribution < -0.4 is 4.74 Å². The number of carbonyl (C=O) groups is 2. The van der Waals surface area contributed by atoms with Gasteiger partial charge in [-0.1, -0.05) is 0 Å². The summed E-state index contributed by atoms with van der Waals surface area (Å²) in [5.74, 6) is 0.0912. The van der Waals surface area contributed by atoms with Gasteiger partial charge < -0.3 is 28.7 Å². The summed E-state index contributed by atoms with van der Waals surface area (Å²) in [7, 11) is 0. The van der Waals surface area contributed by atoms with E-state index in [1.165, 1.54) is 12.1 Å². The van der Waals surface area contributed by atoms with Gasteiger partial charge in [0.05, 0.1) is 45.3 Å². The van der Waals surface area contributed by atoms with Crippen molar-refractivity contribution in [2.45, 2.75) is 43.8 Å². The number of rotatable bonds is 7. The van der Waals surface area contributed by atoms with Gasteiger partial charge in [0, 0.05) is 26.2 Å². The first kappa shape index (κ1) is 23.9. The maximum atomic E-state index is 13.3. The van der Waals surface area contributed by atoms with E-state index in [2.05, 4.69) is 0 Å². The molecule has 33 heavy (non-hydrogen) atoms. The van der Waals surface area contributed by atoms with E-state index < -0.39 is 5.60 Å². The van der Waals surface area contributed by atoms with E-state index in [4.69, 9.17) is 18.9 Å². The largest absolute Gasteiger partial charge is 0.490 e. The van der Waals surface area contributed by atoms with Gasteiger partial charge in [-0.05, 0) is 43.5 Å². The number of carbonyl (C=O) groups excluding carboxylic acids is 2. The van der Waals surface area contributed by atoms with Crippen molar-refractivity contribution < 1.29 is 32.9 Å². The number of hydrogen-bond donors (Lipinski definition) is 0. The molecule has 1 aromatic rings. The van der Waals surface area contributed by atoms with Crippen molar-refractivity contribution in [1.29, 1.82) is 0 Å².